The number of carbonyl (C=O) groups excluding carboxylic acids is 1. The maximum Gasteiger partial charge on any atom is 0.410 e. The van der Waals surface area contributed by atoms with Crippen molar-refractivity contribution in [3.05, 3.63) is 57.1 Å². The number of hydrogen-bond donors (Lipinski definition) is 1. The highest BCUT2D eigenvalue weighted by Crippen LogP contribution is 2.26. The van der Waals surface area contributed by atoms with Crippen molar-refractivity contribution < 1.29 is 9.53 Å². The van der Waals surface area contributed by atoms with Crippen LogP contribution in [0.1, 0.15) is 26.3 Å². The minimum atomic E-state index is -0.647. The highest BCUT2D eigenvalue weighted by Gasteiger charge is 2.32. The van der Waals surface area contributed by atoms with Gasteiger partial charge in [0.2, 0.25) is 0 Å². The second-order valence-electron chi connectivity index (χ2n) is 6.30. The van der Waals surface area contributed by atoms with E-state index in [1.165, 1.54) is 11.7 Å². The second-order valence-corrected chi connectivity index (χ2v) is 6.30. The third kappa shape index (κ3) is 2.97. The number of aromatic nitrogens is 2. The first-order chi connectivity index (χ1) is 11.9. The molecule has 1 aromatic carbocycles. The molecule has 0 saturated carbocycles. The highest BCUT2D eigenvalue weighted by atomic mass is 16.5. The van der Waals surface area contributed by atoms with Crippen molar-refractivity contribution in [1.29, 1.82) is 0 Å². The molecule has 0 aliphatic carbocycles. The summed E-state index contributed by atoms with van der Waals surface area (Å²) >= 11 is 0. The van der Waals surface area contributed by atoms with Crippen LogP contribution in [0.25, 0.3) is 11.0 Å². The average Bonchev–Trinajstić information content (AvgIpc) is 2.95. The predicted molar refractivity (Wildman–Crippen MR) is 94.8 cm³/mol. The fourth-order valence-corrected chi connectivity index (χ4v) is 3.45. The van der Waals surface area contributed by atoms with Gasteiger partial charge in [-0.15, -0.1) is 0 Å². The Kier molecular flexibility index (Phi) is 4.48. The Bertz CT molecular complexity index is 943. The Balaban J connectivity index is 1.98. The number of para-hydroxylation sites is 2. The summed E-state index contributed by atoms with van der Waals surface area (Å²) in [4.78, 5) is 40.7. The number of amides is 1. The number of aromatic amines is 1. The first-order valence-electron chi connectivity index (χ1n) is 8.22. The molecule has 25 heavy (non-hydrogen) atoms. The first kappa shape index (κ1) is 17.0. The number of fused-ring (bicyclic) bond motifs is 1. The van der Waals surface area contributed by atoms with Crippen molar-refractivity contribution >= 4 is 17.1 Å². The molecule has 7 heteroatoms. The van der Waals surface area contributed by atoms with E-state index in [-0.39, 0.29) is 18.1 Å². The molecule has 2 unspecified atom stereocenters. The van der Waals surface area contributed by atoms with Gasteiger partial charge in [-0.3, -0.25) is 19.1 Å². The lowest BCUT2D eigenvalue weighted by molar-refractivity contribution is 0.105. The summed E-state index contributed by atoms with van der Waals surface area (Å²) in [6.45, 7) is 3.78. The van der Waals surface area contributed by atoms with Crippen LogP contribution in [-0.2, 0) is 4.74 Å². The molecule has 2 heterocycles. The quantitative estimate of drug-likeness (QED) is 0.683. The molecular formula is C18H21N3O4. The third-order valence-corrected chi connectivity index (χ3v) is 4.64. The number of nitrogens with zero attached hydrogens (tertiary/aromatic N) is 2. The van der Waals surface area contributed by atoms with E-state index in [4.69, 9.17) is 4.74 Å². The fourth-order valence-electron chi connectivity index (χ4n) is 3.45. The molecule has 1 aliphatic rings. The van der Waals surface area contributed by atoms with E-state index in [9.17, 15) is 14.4 Å². The standard InChI is InChI=1S/C18H21N3O4/c1-11-8-9-13(20(11)18(24)25-3)10-12(2)21-15-7-5-4-6-14(15)19-16(22)17(21)23/h4-9,11-13H,10H2,1-3H3,(H,19,22)/t11?,12-,13?/m0/s1. The predicted octanol–water partition coefficient (Wildman–Crippen LogP) is 2.04. The molecule has 1 amide bonds. The number of H-pyrrole nitrogens is 1. The van der Waals surface area contributed by atoms with E-state index >= 15 is 0 Å². The smallest absolute Gasteiger partial charge is 0.410 e. The van der Waals surface area contributed by atoms with E-state index in [2.05, 4.69) is 4.98 Å². The van der Waals surface area contributed by atoms with Gasteiger partial charge in [0.05, 0.1) is 30.2 Å². The zero-order chi connectivity index (χ0) is 18.1. The number of hydrogen-bond acceptors (Lipinski definition) is 4. The Hall–Kier alpha value is -2.83. The van der Waals surface area contributed by atoms with Crippen molar-refractivity contribution in [2.45, 2.75) is 38.4 Å². The van der Waals surface area contributed by atoms with Crippen LogP contribution in [0.5, 0.6) is 0 Å². The topological polar surface area (TPSA) is 84.4 Å². The summed E-state index contributed by atoms with van der Waals surface area (Å²) in [5, 5.41) is 0. The summed E-state index contributed by atoms with van der Waals surface area (Å²) in [7, 11) is 1.35. The van der Waals surface area contributed by atoms with E-state index in [1.54, 1.807) is 23.1 Å². The normalized spacial score (nSPS) is 20.8. The van der Waals surface area contributed by atoms with Crippen molar-refractivity contribution in [2.24, 2.45) is 0 Å². The van der Waals surface area contributed by atoms with Crippen LogP contribution in [0, 0.1) is 0 Å². The van der Waals surface area contributed by atoms with Crippen LogP contribution in [0.4, 0.5) is 4.79 Å². The van der Waals surface area contributed by atoms with Crippen molar-refractivity contribution in [3.63, 3.8) is 0 Å². The zero-order valence-corrected chi connectivity index (χ0v) is 14.4. The number of nitrogens with one attached hydrogen (secondary N) is 1. The molecule has 1 N–H and O–H groups in total. The van der Waals surface area contributed by atoms with Crippen LogP contribution in [0.2, 0.25) is 0 Å². The van der Waals surface area contributed by atoms with Crippen LogP contribution >= 0.6 is 0 Å². The van der Waals surface area contributed by atoms with E-state index in [0.29, 0.717) is 17.5 Å². The number of rotatable bonds is 3. The number of benzene rings is 1. The van der Waals surface area contributed by atoms with E-state index in [0.717, 1.165) is 0 Å². The summed E-state index contributed by atoms with van der Waals surface area (Å²) in [6, 6.07) is 6.65. The van der Waals surface area contributed by atoms with Gasteiger partial charge in [0.1, 0.15) is 0 Å². The molecular weight excluding hydrogens is 322 g/mol. The number of methoxy groups -OCH3 is 1. The van der Waals surface area contributed by atoms with Crippen molar-refractivity contribution in [3.8, 4) is 0 Å². The Morgan fingerprint density at radius 2 is 2.00 bits per heavy atom. The fraction of sp³-hybridized carbons (Fsp3) is 0.389. The summed E-state index contributed by atoms with van der Waals surface area (Å²) in [5.41, 5.74) is 0.0369. The highest BCUT2D eigenvalue weighted by molar-refractivity contribution is 5.74. The molecule has 0 fully saturated rings. The van der Waals surface area contributed by atoms with Crippen LogP contribution < -0.4 is 11.1 Å². The first-order valence-corrected chi connectivity index (χ1v) is 8.22. The van der Waals surface area contributed by atoms with Gasteiger partial charge >= 0.3 is 17.2 Å². The largest absolute Gasteiger partial charge is 0.453 e. The third-order valence-electron chi connectivity index (χ3n) is 4.64. The lowest BCUT2D eigenvalue weighted by atomic mass is 10.1. The van der Waals surface area contributed by atoms with Gasteiger partial charge in [-0.2, -0.15) is 0 Å². The molecule has 7 nitrogen and oxygen atoms in total. The minimum Gasteiger partial charge on any atom is -0.453 e. The molecule has 2 aromatic rings. The Labute approximate surface area is 144 Å². The average molecular weight is 343 g/mol. The van der Waals surface area contributed by atoms with Gasteiger partial charge in [0.15, 0.2) is 0 Å². The monoisotopic (exact) mass is 343 g/mol. The second kappa shape index (κ2) is 6.58. The van der Waals surface area contributed by atoms with Crippen LogP contribution in [0.15, 0.2) is 46.0 Å². The van der Waals surface area contributed by atoms with Gasteiger partial charge in [0.25, 0.3) is 0 Å². The minimum absolute atomic E-state index is 0.0720. The lowest BCUT2D eigenvalue weighted by Crippen LogP contribution is -2.43. The summed E-state index contributed by atoms with van der Waals surface area (Å²) < 4.78 is 6.36. The van der Waals surface area contributed by atoms with Gasteiger partial charge in [-0.05, 0) is 32.4 Å². The molecule has 1 aromatic heterocycles. The van der Waals surface area contributed by atoms with E-state index in [1.807, 2.05) is 32.1 Å². The molecule has 3 rings (SSSR count). The van der Waals surface area contributed by atoms with Gasteiger partial charge in [0, 0.05) is 6.04 Å². The van der Waals surface area contributed by atoms with Crippen molar-refractivity contribution in [2.75, 3.05) is 7.11 Å². The van der Waals surface area contributed by atoms with Gasteiger partial charge in [-0.1, -0.05) is 24.3 Å². The Morgan fingerprint density at radius 3 is 2.72 bits per heavy atom. The number of carbonyl (C=O) groups is 1. The SMILES string of the molecule is COC(=O)N1C(C)C=CC1C[C@H](C)n1c(=O)c(=O)[nH]c2ccccc21. The van der Waals surface area contributed by atoms with Crippen molar-refractivity contribution in [1.82, 2.24) is 14.5 Å². The van der Waals surface area contributed by atoms with Crippen LogP contribution in [-0.4, -0.2) is 39.7 Å². The Morgan fingerprint density at radius 1 is 1.28 bits per heavy atom. The summed E-state index contributed by atoms with van der Waals surface area (Å²) in [5.74, 6) is 0. The molecule has 0 spiro atoms. The lowest BCUT2D eigenvalue weighted by Gasteiger charge is -2.29. The van der Waals surface area contributed by atoms with Gasteiger partial charge in [-0.25, -0.2) is 4.79 Å². The number of ether oxygens (including phenoxy) is 1. The summed E-state index contributed by atoms with van der Waals surface area (Å²) in [6.07, 6.45) is 3.98. The molecule has 0 radical (unpaired) electrons. The molecule has 0 bridgehead atoms. The zero-order valence-electron chi connectivity index (χ0n) is 14.4. The maximum absolute atomic E-state index is 12.4. The molecule has 0 saturated heterocycles. The van der Waals surface area contributed by atoms with Crippen LogP contribution in [0.3, 0.4) is 0 Å². The maximum atomic E-state index is 12.4. The molecule has 1 aliphatic heterocycles. The van der Waals surface area contributed by atoms with Gasteiger partial charge < -0.3 is 9.72 Å². The van der Waals surface area contributed by atoms with E-state index < -0.39 is 17.2 Å². The molecule has 132 valence electrons. The molecule has 3 atom stereocenters.